The lowest BCUT2D eigenvalue weighted by Gasteiger charge is -2.39. The quantitative estimate of drug-likeness (QED) is 0.0904. The maximum absolute atomic E-state index is 14.3. The number of benzene rings is 4. The molecule has 9 heterocycles. The average Bonchev–Trinajstić information content (AvgIpc) is 2.95. The molecule has 1 saturated carbocycles. The third-order valence-electron chi connectivity index (χ3n) is 19.4. The Balaban J connectivity index is 0.536. The number of imidazole rings is 1. The topological polar surface area (TPSA) is 148 Å². The van der Waals surface area contributed by atoms with E-state index in [1.807, 2.05) is 47.3 Å². The van der Waals surface area contributed by atoms with Crippen molar-refractivity contribution in [2.75, 3.05) is 72.6 Å². The molecule has 17 nitrogen and oxygen atoms in total. The molecule has 0 N–H and O–H groups in total. The Labute approximate surface area is 490 Å². The van der Waals surface area contributed by atoms with E-state index in [0.717, 1.165) is 174 Å². The van der Waals surface area contributed by atoms with Crippen molar-refractivity contribution in [3.05, 3.63) is 148 Å². The summed E-state index contributed by atoms with van der Waals surface area (Å²) in [7, 11) is 3.75. The van der Waals surface area contributed by atoms with Gasteiger partial charge in [-0.1, -0.05) is 36.4 Å². The summed E-state index contributed by atoms with van der Waals surface area (Å²) in [4.78, 5) is 71.2. The number of likely N-dealkylation sites (tertiary alicyclic amines) is 3. The Hall–Kier alpha value is -7.44. The van der Waals surface area contributed by atoms with Gasteiger partial charge in [0.1, 0.15) is 17.4 Å². The van der Waals surface area contributed by atoms with Gasteiger partial charge in [0.2, 0.25) is 5.91 Å². The SMILES string of the molecule is COc1ccc(CN2C(=O)CCC(n3c(=O)n(C4CC4)c4cc(CN5CCN(CC6CCN(C(=O)c7ccc(C8CCN(Cc9cc%10c(-c%11ccc%12c(cnn%12C%12CCCCO%12)c%11)ccnc%10n9C)CC8)cc7)CC6)CC5)ccc43)C2=O)cc1. The summed E-state index contributed by atoms with van der Waals surface area (Å²) in [5, 5.41) is 7.03. The van der Waals surface area contributed by atoms with Crippen LogP contribution in [-0.4, -0.2) is 143 Å². The van der Waals surface area contributed by atoms with Crippen LogP contribution in [0.25, 0.3) is 44.1 Å². The number of carbonyl (C=O) groups excluding carboxylic acids is 3. The molecule has 1 aliphatic carbocycles. The summed E-state index contributed by atoms with van der Waals surface area (Å²) in [5.41, 5.74) is 11.3. The minimum atomic E-state index is -0.737. The van der Waals surface area contributed by atoms with Gasteiger partial charge in [-0.15, -0.1) is 0 Å². The van der Waals surface area contributed by atoms with E-state index < -0.39 is 6.04 Å². The van der Waals surface area contributed by atoms with Gasteiger partial charge in [-0.25, -0.2) is 14.5 Å². The fourth-order valence-corrected chi connectivity index (χ4v) is 14.4. The summed E-state index contributed by atoms with van der Waals surface area (Å²) >= 11 is 0. The predicted molar refractivity (Wildman–Crippen MR) is 324 cm³/mol. The molecule has 8 aromatic rings. The van der Waals surface area contributed by atoms with Crippen molar-refractivity contribution < 1.29 is 23.9 Å². The van der Waals surface area contributed by atoms with Crippen molar-refractivity contribution >= 4 is 50.7 Å². The number of hydrogen-bond donors (Lipinski definition) is 0. The first-order valence-corrected chi connectivity index (χ1v) is 30.9. The molecule has 2 atom stereocenters. The lowest BCUT2D eigenvalue weighted by atomic mass is 9.88. The van der Waals surface area contributed by atoms with E-state index in [4.69, 9.17) is 19.6 Å². The Morgan fingerprint density at radius 2 is 1.43 bits per heavy atom. The largest absolute Gasteiger partial charge is 0.497 e. The summed E-state index contributed by atoms with van der Waals surface area (Å²) < 4.78 is 19.2. The number of nitrogens with zero attached hydrogens (tertiary/aromatic N) is 11. The number of piperidine rings is 3. The number of amides is 3. The number of methoxy groups -OCH3 is 1. The highest BCUT2D eigenvalue weighted by molar-refractivity contribution is 6.00. The molecule has 5 saturated heterocycles. The summed E-state index contributed by atoms with van der Waals surface area (Å²) in [6.45, 7) is 11.2. The molecule has 4 aromatic carbocycles. The second-order valence-electron chi connectivity index (χ2n) is 24.8. The van der Waals surface area contributed by atoms with Crippen molar-refractivity contribution in [1.29, 1.82) is 0 Å². The number of ether oxygens (including phenoxy) is 2. The minimum absolute atomic E-state index is 0.0105. The van der Waals surface area contributed by atoms with Crippen LogP contribution in [0.3, 0.4) is 0 Å². The normalized spacial score (nSPS) is 21.2. The van der Waals surface area contributed by atoms with Gasteiger partial charge in [-0.3, -0.25) is 38.2 Å². The number of piperazine rings is 1. The zero-order valence-corrected chi connectivity index (χ0v) is 48.6. The Morgan fingerprint density at radius 3 is 2.18 bits per heavy atom. The standard InChI is InChI=1S/C67H77N11O6/c1-70-54(39-57-56(22-27-68-64(57)70)51-13-19-58-52(38-51)40-69-78(58)63-5-3-4-36-84-63)44-71-28-25-49(26-29-71)48-9-11-50(12-10-48)65(80)74-30-23-46(24-31-74)41-72-32-34-73(35-33-72)42-47-8-18-59-61(37-47)76(53-14-15-53)67(82)77(59)60-20-21-62(79)75(66(60)81)43-45-6-16-55(83-2)17-7-45/h6-13,16-19,22,27,37-40,46,49,53,60,63H,3-5,14-15,20-21,23-26,28-36,41-44H2,1-2H3. The summed E-state index contributed by atoms with van der Waals surface area (Å²) in [5.74, 6) is 1.36. The summed E-state index contributed by atoms with van der Waals surface area (Å²) in [6, 6.07) is 32.7. The Morgan fingerprint density at radius 1 is 0.679 bits per heavy atom. The van der Waals surface area contributed by atoms with E-state index in [9.17, 15) is 19.2 Å². The third-order valence-corrected chi connectivity index (χ3v) is 19.4. The first-order chi connectivity index (χ1) is 41.1. The number of imide groups is 1. The van der Waals surface area contributed by atoms with Gasteiger partial charge in [0.15, 0.2) is 6.23 Å². The van der Waals surface area contributed by atoms with E-state index in [-0.39, 0.29) is 48.6 Å². The number of aromatic nitrogens is 6. The molecule has 0 radical (unpaired) electrons. The third kappa shape index (κ3) is 10.8. The van der Waals surface area contributed by atoms with Crippen LogP contribution in [0, 0.1) is 5.92 Å². The lowest BCUT2D eigenvalue weighted by Crippen LogP contribution is -2.48. The lowest BCUT2D eigenvalue weighted by molar-refractivity contribution is -0.151. The van der Waals surface area contributed by atoms with E-state index in [1.54, 1.807) is 11.7 Å². The zero-order valence-electron chi connectivity index (χ0n) is 48.6. The van der Waals surface area contributed by atoms with Crippen LogP contribution < -0.4 is 10.4 Å². The number of carbonyl (C=O) groups is 3. The average molecular weight is 1130 g/mol. The van der Waals surface area contributed by atoms with Crippen LogP contribution in [-0.2, 0) is 41.0 Å². The van der Waals surface area contributed by atoms with Gasteiger partial charge >= 0.3 is 5.69 Å². The molecular weight excluding hydrogens is 1050 g/mol. The monoisotopic (exact) mass is 1130 g/mol. The van der Waals surface area contributed by atoms with Gasteiger partial charge in [-0.05, 0) is 178 Å². The van der Waals surface area contributed by atoms with Gasteiger partial charge in [0.05, 0.1) is 36.4 Å². The Kier molecular flexibility index (Phi) is 15.1. The van der Waals surface area contributed by atoms with Gasteiger partial charge < -0.3 is 23.8 Å². The fraction of sp³-hybridized carbons (Fsp3) is 0.463. The van der Waals surface area contributed by atoms with Crippen LogP contribution in [0.15, 0.2) is 114 Å². The molecule has 5 aliphatic heterocycles. The molecule has 0 bridgehead atoms. The van der Waals surface area contributed by atoms with E-state index in [0.29, 0.717) is 24.0 Å². The van der Waals surface area contributed by atoms with Crippen LogP contribution in [0.2, 0.25) is 0 Å². The smallest absolute Gasteiger partial charge is 0.330 e. The van der Waals surface area contributed by atoms with Crippen LogP contribution in [0.5, 0.6) is 5.75 Å². The number of rotatable bonds is 15. The molecule has 6 fully saturated rings. The van der Waals surface area contributed by atoms with Crippen molar-refractivity contribution in [3.8, 4) is 16.9 Å². The molecule has 0 spiro atoms. The van der Waals surface area contributed by atoms with Crippen molar-refractivity contribution in [3.63, 3.8) is 0 Å². The van der Waals surface area contributed by atoms with Gasteiger partial charge in [0, 0.05) is 113 Å². The van der Waals surface area contributed by atoms with Crippen molar-refractivity contribution in [2.24, 2.45) is 13.0 Å². The number of aryl methyl sites for hydroxylation is 1. The molecule has 84 heavy (non-hydrogen) atoms. The highest BCUT2D eigenvalue weighted by Gasteiger charge is 2.40. The second-order valence-corrected chi connectivity index (χ2v) is 24.8. The highest BCUT2D eigenvalue weighted by atomic mass is 16.5. The maximum Gasteiger partial charge on any atom is 0.330 e. The van der Waals surface area contributed by atoms with Gasteiger partial charge in [0.25, 0.3) is 11.8 Å². The molecule has 2 unspecified atom stereocenters. The van der Waals surface area contributed by atoms with Crippen LogP contribution in [0.4, 0.5) is 0 Å². The first kappa shape index (κ1) is 54.5. The minimum Gasteiger partial charge on any atom is -0.497 e. The number of pyridine rings is 1. The second kappa shape index (κ2) is 23.2. The molecule has 4 aromatic heterocycles. The molecule has 436 valence electrons. The molecule has 17 heteroatoms. The number of hydrogen-bond acceptors (Lipinski definition) is 11. The van der Waals surface area contributed by atoms with E-state index >= 15 is 0 Å². The van der Waals surface area contributed by atoms with Crippen molar-refractivity contribution in [1.82, 2.24) is 53.0 Å². The fourth-order valence-electron chi connectivity index (χ4n) is 14.4. The van der Waals surface area contributed by atoms with Crippen molar-refractivity contribution in [2.45, 2.75) is 114 Å². The Bertz CT molecular complexity index is 3790. The maximum atomic E-state index is 14.3. The van der Waals surface area contributed by atoms with Gasteiger partial charge in [-0.2, -0.15) is 5.10 Å². The molecular formula is C67H77N11O6. The highest BCUT2D eigenvalue weighted by Crippen LogP contribution is 2.39. The molecule has 14 rings (SSSR count). The van der Waals surface area contributed by atoms with E-state index in [1.165, 1.54) is 39.1 Å². The van der Waals surface area contributed by atoms with Crippen LogP contribution in [0.1, 0.15) is 128 Å². The molecule has 6 aliphatic rings. The van der Waals surface area contributed by atoms with Crippen LogP contribution >= 0.6 is 0 Å². The predicted octanol–water partition coefficient (Wildman–Crippen LogP) is 9.69. The zero-order chi connectivity index (χ0) is 57.0. The summed E-state index contributed by atoms with van der Waals surface area (Å²) in [6.07, 6.45) is 13.8. The molecule has 3 amide bonds. The first-order valence-electron chi connectivity index (χ1n) is 30.9. The van der Waals surface area contributed by atoms with E-state index in [2.05, 4.69) is 103 Å². The number of fused-ring (bicyclic) bond motifs is 3.